The summed E-state index contributed by atoms with van der Waals surface area (Å²) in [4.78, 5) is 4.29. The molecule has 0 aliphatic heterocycles. The molecular formula is C11H21N3. The van der Waals surface area contributed by atoms with Crippen LogP contribution in [0.4, 0.5) is 0 Å². The predicted octanol–water partition coefficient (Wildman–Crippen LogP) is 2.09. The first-order chi connectivity index (χ1) is 6.72. The van der Waals surface area contributed by atoms with Crippen molar-refractivity contribution in [3.05, 3.63) is 17.7 Å². The summed E-state index contributed by atoms with van der Waals surface area (Å²) in [5.41, 5.74) is 6.81. The first kappa shape index (κ1) is 11.2. The van der Waals surface area contributed by atoms with Gasteiger partial charge in [0.25, 0.3) is 0 Å². The van der Waals surface area contributed by atoms with Gasteiger partial charge in [-0.3, -0.25) is 0 Å². The van der Waals surface area contributed by atoms with Gasteiger partial charge in [-0.1, -0.05) is 26.7 Å². The molecule has 80 valence electrons. The summed E-state index contributed by atoms with van der Waals surface area (Å²) in [6, 6.07) is 0. The van der Waals surface area contributed by atoms with Gasteiger partial charge in [0, 0.05) is 19.3 Å². The van der Waals surface area contributed by atoms with E-state index in [9.17, 15) is 0 Å². The second kappa shape index (κ2) is 5.15. The molecule has 1 aromatic rings. The molecule has 0 atom stereocenters. The van der Waals surface area contributed by atoms with Crippen LogP contribution in [0.1, 0.15) is 38.2 Å². The van der Waals surface area contributed by atoms with Gasteiger partial charge in [-0.25, -0.2) is 4.98 Å². The summed E-state index contributed by atoms with van der Waals surface area (Å²) >= 11 is 0. The maximum atomic E-state index is 5.66. The Bertz CT molecular complexity index is 274. The van der Waals surface area contributed by atoms with Gasteiger partial charge in [0.2, 0.25) is 0 Å². The molecule has 3 heteroatoms. The largest absolute Gasteiger partial charge is 0.331 e. The van der Waals surface area contributed by atoms with Crippen LogP contribution in [0.25, 0.3) is 0 Å². The molecule has 0 unspecified atom stereocenters. The summed E-state index contributed by atoms with van der Waals surface area (Å²) in [5, 5.41) is 0. The van der Waals surface area contributed by atoms with Gasteiger partial charge in [0.15, 0.2) is 0 Å². The Kier molecular flexibility index (Phi) is 4.14. The minimum absolute atomic E-state index is 0.584. The van der Waals surface area contributed by atoms with Crippen molar-refractivity contribution >= 4 is 0 Å². The Morgan fingerprint density at radius 1 is 1.43 bits per heavy atom. The van der Waals surface area contributed by atoms with Crippen molar-refractivity contribution in [2.24, 2.45) is 11.7 Å². The van der Waals surface area contributed by atoms with E-state index in [0.29, 0.717) is 6.54 Å². The molecule has 0 amide bonds. The molecule has 0 aliphatic carbocycles. The van der Waals surface area contributed by atoms with Crippen molar-refractivity contribution in [1.29, 1.82) is 0 Å². The number of rotatable bonds is 5. The Morgan fingerprint density at radius 3 is 2.57 bits per heavy atom. The average Bonchev–Trinajstić information content (AvgIpc) is 2.56. The first-order valence-corrected chi connectivity index (χ1v) is 5.43. The Balaban J connectivity index is 2.77. The van der Waals surface area contributed by atoms with E-state index in [4.69, 9.17) is 5.73 Å². The van der Waals surface area contributed by atoms with Gasteiger partial charge in [-0.15, -0.1) is 0 Å². The smallest absolute Gasteiger partial charge is 0.105 e. The standard InChI is InChI=1S/C11H21N3/c1-4-10(5-2)8-14-9(3)13-7-11(14)6-12/h7,10H,4-6,8,12H2,1-3H3. The van der Waals surface area contributed by atoms with Crippen molar-refractivity contribution in [1.82, 2.24) is 9.55 Å². The quantitative estimate of drug-likeness (QED) is 0.781. The Hall–Kier alpha value is -0.830. The molecular weight excluding hydrogens is 174 g/mol. The molecule has 0 saturated heterocycles. The van der Waals surface area contributed by atoms with Gasteiger partial charge in [0.05, 0.1) is 5.69 Å². The number of nitrogens with zero attached hydrogens (tertiary/aromatic N) is 2. The van der Waals surface area contributed by atoms with E-state index >= 15 is 0 Å². The number of aryl methyl sites for hydroxylation is 1. The monoisotopic (exact) mass is 195 g/mol. The maximum Gasteiger partial charge on any atom is 0.105 e. The van der Waals surface area contributed by atoms with Crippen molar-refractivity contribution in [3.8, 4) is 0 Å². The van der Waals surface area contributed by atoms with Crippen molar-refractivity contribution in [2.75, 3.05) is 0 Å². The predicted molar refractivity (Wildman–Crippen MR) is 58.9 cm³/mol. The van der Waals surface area contributed by atoms with Gasteiger partial charge >= 0.3 is 0 Å². The van der Waals surface area contributed by atoms with Crippen LogP contribution in [0, 0.1) is 12.8 Å². The molecule has 1 heterocycles. The van der Waals surface area contributed by atoms with Gasteiger partial charge in [-0.05, 0) is 12.8 Å². The lowest BCUT2D eigenvalue weighted by atomic mass is 10.0. The normalized spacial score (nSPS) is 11.2. The van der Waals surface area contributed by atoms with Crippen LogP contribution in [0.5, 0.6) is 0 Å². The fraction of sp³-hybridized carbons (Fsp3) is 0.727. The molecule has 0 saturated carbocycles. The van der Waals surface area contributed by atoms with Crippen molar-refractivity contribution in [3.63, 3.8) is 0 Å². The van der Waals surface area contributed by atoms with Gasteiger partial charge in [0.1, 0.15) is 5.82 Å². The molecule has 2 N–H and O–H groups in total. The topological polar surface area (TPSA) is 43.8 Å². The summed E-state index contributed by atoms with van der Waals surface area (Å²) in [7, 11) is 0. The molecule has 1 aromatic heterocycles. The van der Waals surface area contributed by atoms with E-state index in [-0.39, 0.29) is 0 Å². The van der Waals surface area contributed by atoms with Crippen LogP contribution in [0.15, 0.2) is 6.20 Å². The average molecular weight is 195 g/mol. The van der Waals surface area contributed by atoms with Gasteiger partial charge < -0.3 is 10.3 Å². The molecule has 0 aromatic carbocycles. The number of imidazole rings is 1. The van der Waals surface area contributed by atoms with E-state index in [1.54, 1.807) is 0 Å². The number of nitrogens with two attached hydrogens (primary N) is 1. The van der Waals surface area contributed by atoms with Crippen molar-refractivity contribution < 1.29 is 0 Å². The second-order valence-electron chi connectivity index (χ2n) is 3.79. The summed E-state index contributed by atoms with van der Waals surface area (Å²) in [5.74, 6) is 1.82. The van der Waals surface area contributed by atoms with Crippen LogP contribution in [-0.4, -0.2) is 9.55 Å². The highest BCUT2D eigenvalue weighted by molar-refractivity contribution is 5.04. The summed E-state index contributed by atoms with van der Waals surface area (Å²) < 4.78 is 2.25. The molecule has 3 nitrogen and oxygen atoms in total. The van der Waals surface area contributed by atoms with E-state index in [1.807, 2.05) is 13.1 Å². The lowest BCUT2D eigenvalue weighted by molar-refractivity contribution is 0.407. The molecule has 14 heavy (non-hydrogen) atoms. The third-order valence-electron chi connectivity index (χ3n) is 2.94. The fourth-order valence-corrected chi connectivity index (χ4v) is 1.73. The maximum absolute atomic E-state index is 5.66. The lowest BCUT2D eigenvalue weighted by Crippen LogP contribution is -2.15. The van der Waals surface area contributed by atoms with Crippen LogP contribution >= 0.6 is 0 Å². The summed E-state index contributed by atoms with van der Waals surface area (Å²) in [6.45, 7) is 8.17. The molecule has 0 spiro atoms. The molecule has 0 aliphatic rings. The Labute approximate surface area is 86.3 Å². The third kappa shape index (κ3) is 2.35. The number of hydrogen-bond donors (Lipinski definition) is 1. The van der Waals surface area contributed by atoms with E-state index < -0.39 is 0 Å². The number of aromatic nitrogens is 2. The highest BCUT2D eigenvalue weighted by Gasteiger charge is 2.09. The Morgan fingerprint density at radius 2 is 2.07 bits per heavy atom. The zero-order valence-electron chi connectivity index (χ0n) is 9.45. The minimum Gasteiger partial charge on any atom is -0.331 e. The van der Waals surface area contributed by atoms with Gasteiger partial charge in [-0.2, -0.15) is 0 Å². The van der Waals surface area contributed by atoms with E-state index in [0.717, 1.165) is 24.0 Å². The lowest BCUT2D eigenvalue weighted by Gasteiger charge is -2.16. The van der Waals surface area contributed by atoms with Crippen molar-refractivity contribution in [2.45, 2.75) is 46.7 Å². The van der Waals surface area contributed by atoms with Crippen LogP contribution in [0.3, 0.4) is 0 Å². The highest BCUT2D eigenvalue weighted by atomic mass is 15.1. The minimum atomic E-state index is 0.584. The summed E-state index contributed by atoms with van der Waals surface area (Å²) in [6.07, 6.45) is 4.33. The zero-order chi connectivity index (χ0) is 10.6. The third-order valence-corrected chi connectivity index (χ3v) is 2.94. The first-order valence-electron chi connectivity index (χ1n) is 5.43. The van der Waals surface area contributed by atoms with Crippen LogP contribution < -0.4 is 5.73 Å². The van der Waals surface area contributed by atoms with E-state index in [2.05, 4.69) is 23.4 Å². The molecule has 0 fully saturated rings. The number of hydrogen-bond acceptors (Lipinski definition) is 2. The second-order valence-corrected chi connectivity index (χ2v) is 3.79. The van der Waals surface area contributed by atoms with E-state index in [1.165, 1.54) is 12.8 Å². The van der Waals surface area contributed by atoms with Crippen LogP contribution in [-0.2, 0) is 13.1 Å². The molecule has 0 bridgehead atoms. The zero-order valence-corrected chi connectivity index (χ0v) is 9.45. The SMILES string of the molecule is CCC(CC)Cn1c(CN)cnc1C. The molecule has 0 radical (unpaired) electrons. The fourth-order valence-electron chi connectivity index (χ4n) is 1.73. The highest BCUT2D eigenvalue weighted by Crippen LogP contribution is 2.14. The van der Waals surface area contributed by atoms with Crippen LogP contribution in [0.2, 0.25) is 0 Å². The molecule has 1 rings (SSSR count).